The average molecular weight is 476 g/mol. The maximum atomic E-state index is 12.8. The van der Waals surface area contributed by atoms with Crippen molar-refractivity contribution in [2.45, 2.75) is 11.1 Å². The molecule has 162 valence electrons. The van der Waals surface area contributed by atoms with Crippen LogP contribution in [0.4, 0.5) is 5.69 Å². The highest BCUT2D eigenvalue weighted by atomic mass is 32.2. The third-order valence-electron chi connectivity index (χ3n) is 4.97. The van der Waals surface area contributed by atoms with Crippen LogP contribution in [-0.4, -0.2) is 55.6 Å². The zero-order chi connectivity index (χ0) is 22.0. The van der Waals surface area contributed by atoms with Gasteiger partial charge in [0.1, 0.15) is 4.21 Å². The van der Waals surface area contributed by atoms with Gasteiger partial charge in [0.25, 0.3) is 21.8 Å². The molecule has 31 heavy (non-hydrogen) atoms. The summed E-state index contributed by atoms with van der Waals surface area (Å²) in [5.74, 6) is -0.340. The lowest BCUT2D eigenvalue weighted by molar-refractivity contribution is 0.0698. The zero-order valence-corrected chi connectivity index (χ0v) is 19.2. The van der Waals surface area contributed by atoms with Crippen LogP contribution < -0.4 is 5.32 Å². The van der Waals surface area contributed by atoms with Crippen LogP contribution in [0, 0.1) is 6.92 Å². The Hall–Kier alpha value is -2.53. The number of rotatable bonds is 5. The topological polar surface area (TPSA) is 86.8 Å². The first-order valence-electron chi connectivity index (χ1n) is 9.65. The highest BCUT2D eigenvalue weighted by Gasteiger charge is 2.31. The summed E-state index contributed by atoms with van der Waals surface area (Å²) in [6, 6.07) is 13.7. The van der Waals surface area contributed by atoms with Crippen molar-refractivity contribution in [3.05, 3.63) is 69.2 Å². The summed E-state index contributed by atoms with van der Waals surface area (Å²) in [5.41, 5.74) is 1.11. The molecule has 3 aromatic rings. The Morgan fingerprint density at radius 3 is 2.26 bits per heavy atom. The minimum Gasteiger partial charge on any atom is -0.336 e. The van der Waals surface area contributed by atoms with Crippen LogP contribution in [-0.2, 0) is 10.0 Å². The van der Waals surface area contributed by atoms with Crippen LogP contribution in [0.15, 0.2) is 58.1 Å². The molecule has 0 bridgehead atoms. The number of nitrogens with one attached hydrogen (secondary N) is 1. The predicted molar refractivity (Wildman–Crippen MR) is 122 cm³/mol. The van der Waals surface area contributed by atoms with Gasteiger partial charge in [0, 0.05) is 42.3 Å². The summed E-state index contributed by atoms with van der Waals surface area (Å²) in [4.78, 5) is 28.2. The van der Waals surface area contributed by atoms with E-state index in [1.165, 1.54) is 27.0 Å². The van der Waals surface area contributed by atoms with Gasteiger partial charge < -0.3 is 10.2 Å². The minimum atomic E-state index is -3.52. The second-order valence-corrected chi connectivity index (χ2v) is 11.5. The molecule has 0 aliphatic carbocycles. The van der Waals surface area contributed by atoms with Crippen molar-refractivity contribution in [1.82, 2.24) is 9.21 Å². The normalized spacial score (nSPS) is 15.1. The molecule has 2 amide bonds. The second-order valence-electron chi connectivity index (χ2n) is 7.07. The van der Waals surface area contributed by atoms with Gasteiger partial charge in [-0.1, -0.05) is 6.07 Å². The summed E-state index contributed by atoms with van der Waals surface area (Å²) in [6.07, 6.45) is 0. The fourth-order valence-electron chi connectivity index (χ4n) is 3.29. The third kappa shape index (κ3) is 4.72. The number of carbonyl (C=O) groups excluding carboxylic acids is 2. The number of nitrogens with zero attached hydrogens (tertiary/aromatic N) is 2. The SMILES string of the molecule is Cc1ccc(S(=O)(=O)N2CCN(C(=O)c3ccc(NC(=O)c4cccs4)cc3)CC2)s1. The van der Waals surface area contributed by atoms with E-state index in [1.54, 1.807) is 47.4 Å². The number of benzene rings is 1. The van der Waals surface area contributed by atoms with E-state index < -0.39 is 10.0 Å². The van der Waals surface area contributed by atoms with Crippen LogP contribution in [0.3, 0.4) is 0 Å². The van der Waals surface area contributed by atoms with Gasteiger partial charge in [0.2, 0.25) is 0 Å². The first kappa shape index (κ1) is 21.7. The monoisotopic (exact) mass is 475 g/mol. The van der Waals surface area contributed by atoms with Crippen LogP contribution in [0.1, 0.15) is 24.9 Å². The second kappa shape index (κ2) is 8.91. The number of piperazine rings is 1. The smallest absolute Gasteiger partial charge is 0.265 e. The molecule has 0 saturated carbocycles. The lowest BCUT2D eigenvalue weighted by Gasteiger charge is -2.33. The lowest BCUT2D eigenvalue weighted by Crippen LogP contribution is -2.50. The summed E-state index contributed by atoms with van der Waals surface area (Å²) < 4.78 is 27.3. The van der Waals surface area contributed by atoms with Gasteiger partial charge in [-0.2, -0.15) is 4.31 Å². The number of hydrogen-bond donors (Lipinski definition) is 1. The van der Waals surface area contributed by atoms with Crippen molar-refractivity contribution in [2.24, 2.45) is 0 Å². The van der Waals surface area contributed by atoms with Crippen molar-refractivity contribution in [2.75, 3.05) is 31.5 Å². The summed E-state index contributed by atoms with van der Waals surface area (Å²) in [7, 11) is -3.52. The van der Waals surface area contributed by atoms with Crippen molar-refractivity contribution in [1.29, 1.82) is 0 Å². The number of amides is 2. The van der Waals surface area contributed by atoms with Crippen LogP contribution in [0.25, 0.3) is 0 Å². The average Bonchev–Trinajstić information content (AvgIpc) is 3.46. The van der Waals surface area contributed by atoms with E-state index in [4.69, 9.17) is 0 Å². The molecule has 0 atom stereocenters. The first-order chi connectivity index (χ1) is 14.8. The highest BCUT2D eigenvalue weighted by molar-refractivity contribution is 7.91. The van der Waals surface area contributed by atoms with E-state index in [0.29, 0.717) is 33.4 Å². The molecule has 1 aliphatic heterocycles. The quantitative estimate of drug-likeness (QED) is 0.612. The lowest BCUT2D eigenvalue weighted by atomic mass is 10.1. The Morgan fingerprint density at radius 2 is 1.68 bits per heavy atom. The molecule has 3 heterocycles. The van der Waals surface area contributed by atoms with Gasteiger partial charge in [-0.3, -0.25) is 9.59 Å². The number of thiophene rings is 2. The molecule has 1 N–H and O–H groups in total. The molecule has 1 saturated heterocycles. The summed E-state index contributed by atoms with van der Waals surface area (Å²) in [6.45, 7) is 3.07. The minimum absolute atomic E-state index is 0.153. The van der Waals surface area contributed by atoms with E-state index in [-0.39, 0.29) is 24.9 Å². The molecule has 0 radical (unpaired) electrons. The molecule has 0 spiro atoms. The standard InChI is InChI=1S/C21H21N3O4S3/c1-15-4-9-19(30-15)31(27,28)24-12-10-23(11-13-24)21(26)16-5-7-17(8-6-16)22-20(25)18-3-2-14-29-18/h2-9,14H,10-13H2,1H3,(H,22,25). The van der Waals surface area contributed by atoms with E-state index >= 15 is 0 Å². The van der Waals surface area contributed by atoms with Crippen molar-refractivity contribution in [3.8, 4) is 0 Å². The van der Waals surface area contributed by atoms with Gasteiger partial charge in [-0.05, 0) is 54.8 Å². The largest absolute Gasteiger partial charge is 0.336 e. The fraction of sp³-hybridized carbons (Fsp3) is 0.238. The predicted octanol–water partition coefficient (Wildman–Crippen LogP) is 3.52. The van der Waals surface area contributed by atoms with E-state index in [1.807, 2.05) is 18.4 Å². The number of aryl methyl sites for hydroxylation is 1. The zero-order valence-electron chi connectivity index (χ0n) is 16.8. The molecule has 0 unspecified atom stereocenters. The number of anilines is 1. The van der Waals surface area contributed by atoms with Crippen molar-refractivity contribution >= 4 is 50.2 Å². The van der Waals surface area contributed by atoms with Crippen LogP contribution in [0.2, 0.25) is 0 Å². The summed E-state index contributed by atoms with van der Waals surface area (Å²) >= 11 is 2.62. The van der Waals surface area contributed by atoms with Crippen molar-refractivity contribution in [3.63, 3.8) is 0 Å². The van der Waals surface area contributed by atoms with Crippen molar-refractivity contribution < 1.29 is 18.0 Å². The first-order valence-corrected chi connectivity index (χ1v) is 12.8. The Bertz CT molecular complexity index is 1180. The number of hydrogen-bond acceptors (Lipinski definition) is 6. The van der Waals surface area contributed by atoms with E-state index in [9.17, 15) is 18.0 Å². The number of sulfonamides is 1. The van der Waals surface area contributed by atoms with Gasteiger partial charge in [0.05, 0.1) is 4.88 Å². The fourth-order valence-corrected chi connectivity index (χ4v) is 6.77. The van der Waals surface area contributed by atoms with Crippen LogP contribution in [0.5, 0.6) is 0 Å². The highest BCUT2D eigenvalue weighted by Crippen LogP contribution is 2.25. The Morgan fingerprint density at radius 1 is 0.968 bits per heavy atom. The van der Waals surface area contributed by atoms with E-state index in [2.05, 4.69) is 5.32 Å². The maximum absolute atomic E-state index is 12.8. The molecular weight excluding hydrogens is 454 g/mol. The molecule has 1 fully saturated rings. The molecule has 10 heteroatoms. The molecule has 4 rings (SSSR count). The van der Waals surface area contributed by atoms with Gasteiger partial charge in [-0.15, -0.1) is 22.7 Å². The van der Waals surface area contributed by atoms with Gasteiger partial charge in [0.15, 0.2) is 0 Å². The maximum Gasteiger partial charge on any atom is 0.265 e. The molecular formula is C21H21N3O4S3. The molecule has 7 nitrogen and oxygen atoms in total. The molecule has 2 aromatic heterocycles. The summed E-state index contributed by atoms with van der Waals surface area (Å²) in [5, 5.41) is 4.64. The van der Waals surface area contributed by atoms with Gasteiger partial charge >= 0.3 is 0 Å². The number of carbonyl (C=O) groups is 2. The Labute approximate surface area is 189 Å². The van der Waals surface area contributed by atoms with Gasteiger partial charge in [-0.25, -0.2) is 8.42 Å². The molecule has 1 aliphatic rings. The molecule has 1 aromatic carbocycles. The van der Waals surface area contributed by atoms with E-state index in [0.717, 1.165) is 4.88 Å². The Balaban J connectivity index is 1.36. The van der Waals surface area contributed by atoms with Crippen LogP contribution >= 0.6 is 22.7 Å². The third-order valence-corrected chi connectivity index (χ3v) is 9.21. The Kier molecular flexibility index (Phi) is 6.24.